The SMILES string of the molecule is COC(=O)CCc1ccccc1C=CCNC(=O)OC(C)(C)C. The monoisotopic (exact) mass is 319 g/mol. The minimum Gasteiger partial charge on any atom is -0.469 e. The van der Waals surface area contributed by atoms with Gasteiger partial charge in [-0.05, 0) is 38.3 Å². The van der Waals surface area contributed by atoms with E-state index in [1.54, 1.807) is 0 Å². The van der Waals surface area contributed by atoms with Gasteiger partial charge in [0.2, 0.25) is 0 Å². The Kier molecular flexibility index (Phi) is 7.32. The number of aryl methyl sites for hydroxylation is 1. The molecule has 0 aliphatic rings. The third-order valence-corrected chi connectivity index (χ3v) is 2.94. The van der Waals surface area contributed by atoms with Gasteiger partial charge in [0.15, 0.2) is 0 Å². The second-order valence-electron chi connectivity index (χ2n) is 6.06. The normalized spacial score (nSPS) is 11.3. The molecule has 5 nitrogen and oxygen atoms in total. The van der Waals surface area contributed by atoms with E-state index in [4.69, 9.17) is 4.74 Å². The van der Waals surface area contributed by atoms with Crippen LogP contribution in [0.3, 0.4) is 0 Å². The zero-order valence-electron chi connectivity index (χ0n) is 14.2. The number of carbonyl (C=O) groups excluding carboxylic acids is 2. The quantitative estimate of drug-likeness (QED) is 0.817. The average Bonchev–Trinajstić information content (AvgIpc) is 2.48. The molecule has 0 bridgehead atoms. The second kappa shape index (κ2) is 8.98. The minimum atomic E-state index is -0.506. The maximum Gasteiger partial charge on any atom is 0.407 e. The summed E-state index contributed by atoms with van der Waals surface area (Å²) in [7, 11) is 1.39. The van der Waals surface area contributed by atoms with Crippen LogP contribution in [0.2, 0.25) is 0 Å². The van der Waals surface area contributed by atoms with E-state index in [-0.39, 0.29) is 5.97 Å². The standard InChI is InChI=1S/C18H25NO4/c1-18(2,3)23-17(21)19-13-7-10-14-8-5-6-9-15(14)11-12-16(20)22-4/h5-10H,11-13H2,1-4H3,(H,19,21). The van der Waals surface area contributed by atoms with Gasteiger partial charge < -0.3 is 14.8 Å². The van der Waals surface area contributed by atoms with Crippen LogP contribution in [0.4, 0.5) is 4.79 Å². The van der Waals surface area contributed by atoms with E-state index in [1.165, 1.54) is 7.11 Å². The number of ether oxygens (including phenoxy) is 2. The van der Waals surface area contributed by atoms with Gasteiger partial charge in [0, 0.05) is 13.0 Å². The predicted molar refractivity (Wildman–Crippen MR) is 90.0 cm³/mol. The minimum absolute atomic E-state index is 0.227. The molecule has 0 unspecified atom stereocenters. The number of carbonyl (C=O) groups is 2. The molecule has 1 amide bonds. The van der Waals surface area contributed by atoms with Crippen LogP contribution >= 0.6 is 0 Å². The van der Waals surface area contributed by atoms with E-state index in [0.717, 1.165) is 11.1 Å². The lowest BCUT2D eigenvalue weighted by molar-refractivity contribution is -0.140. The first-order valence-corrected chi connectivity index (χ1v) is 7.60. The number of nitrogens with one attached hydrogen (secondary N) is 1. The molecule has 0 fully saturated rings. The summed E-state index contributed by atoms with van der Waals surface area (Å²) in [5.41, 5.74) is 1.57. The highest BCUT2D eigenvalue weighted by Gasteiger charge is 2.15. The zero-order chi connectivity index (χ0) is 17.3. The Hall–Kier alpha value is -2.30. The number of esters is 1. The van der Waals surface area contributed by atoms with Crippen molar-refractivity contribution in [2.45, 2.75) is 39.2 Å². The van der Waals surface area contributed by atoms with Crippen molar-refractivity contribution in [3.63, 3.8) is 0 Å². The van der Waals surface area contributed by atoms with Crippen molar-refractivity contribution < 1.29 is 19.1 Å². The maximum atomic E-state index is 11.5. The summed E-state index contributed by atoms with van der Waals surface area (Å²) < 4.78 is 9.81. The Balaban J connectivity index is 2.53. The van der Waals surface area contributed by atoms with Crippen LogP contribution in [0.25, 0.3) is 6.08 Å². The fraction of sp³-hybridized carbons (Fsp3) is 0.444. The summed E-state index contributed by atoms with van der Waals surface area (Å²) >= 11 is 0. The molecular weight excluding hydrogens is 294 g/mol. The first kappa shape index (κ1) is 18.7. The van der Waals surface area contributed by atoms with Gasteiger partial charge in [-0.1, -0.05) is 36.4 Å². The summed E-state index contributed by atoms with van der Waals surface area (Å²) in [6.45, 7) is 5.83. The van der Waals surface area contributed by atoms with E-state index in [9.17, 15) is 9.59 Å². The van der Waals surface area contributed by atoms with Crippen molar-refractivity contribution in [3.05, 3.63) is 41.5 Å². The number of alkyl carbamates (subject to hydrolysis) is 1. The largest absolute Gasteiger partial charge is 0.469 e. The molecule has 1 aromatic carbocycles. The lowest BCUT2D eigenvalue weighted by Gasteiger charge is -2.19. The molecule has 0 aromatic heterocycles. The van der Waals surface area contributed by atoms with E-state index < -0.39 is 11.7 Å². The molecule has 0 spiro atoms. The lowest BCUT2D eigenvalue weighted by atomic mass is 10.0. The highest BCUT2D eigenvalue weighted by Crippen LogP contribution is 2.13. The van der Waals surface area contributed by atoms with Crippen LogP contribution < -0.4 is 5.32 Å². The van der Waals surface area contributed by atoms with Gasteiger partial charge >= 0.3 is 12.1 Å². The molecule has 0 aliphatic heterocycles. The fourth-order valence-corrected chi connectivity index (χ4v) is 1.91. The third-order valence-electron chi connectivity index (χ3n) is 2.94. The van der Waals surface area contributed by atoms with Crippen LogP contribution in [0.15, 0.2) is 30.3 Å². The molecule has 1 rings (SSSR count). The molecule has 5 heteroatoms. The van der Waals surface area contributed by atoms with Crippen molar-refractivity contribution in [2.75, 3.05) is 13.7 Å². The van der Waals surface area contributed by atoms with Crippen LogP contribution in [-0.4, -0.2) is 31.3 Å². The number of amides is 1. The lowest BCUT2D eigenvalue weighted by Crippen LogP contribution is -2.32. The van der Waals surface area contributed by atoms with Crippen molar-refractivity contribution >= 4 is 18.1 Å². The third kappa shape index (κ3) is 8.04. The Morgan fingerprint density at radius 2 is 1.91 bits per heavy atom. The smallest absolute Gasteiger partial charge is 0.407 e. The molecule has 0 heterocycles. The Labute approximate surface area is 137 Å². The molecule has 126 valence electrons. The van der Waals surface area contributed by atoms with Crippen molar-refractivity contribution in [1.29, 1.82) is 0 Å². The molecule has 1 aromatic rings. The number of hydrogen-bond donors (Lipinski definition) is 1. The Bertz CT molecular complexity index is 558. The average molecular weight is 319 g/mol. The topological polar surface area (TPSA) is 64.6 Å². The first-order chi connectivity index (χ1) is 10.8. The number of hydrogen-bond acceptors (Lipinski definition) is 4. The molecule has 23 heavy (non-hydrogen) atoms. The van der Waals surface area contributed by atoms with Crippen molar-refractivity contribution in [3.8, 4) is 0 Å². The van der Waals surface area contributed by atoms with Crippen LogP contribution in [0, 0.1) is 0 Å². The predicted octanol–water partition coefficient (Wildman–Crippen LogP) is 3.33. The number of benzene rings is 1. The highest BCUT2D eigenvalue weighted by molar-refractivity contribution is 5.70. The van der Waals surface area contributed by atoms with Crippen LogP contribution in [-0.2, 0) is 20.7 Å². The first-order valence-electron chi connectivity index (χ1n) is 7.60. The Morgan fingerprint density at radius 1 is 1.22 bits per heavy atom. The summed E-state index contributed by atoms with van der Waals surface area (Å²) in [4.78, 5) is 22.8. The summed E-state index contributed by atoms with van der Waals surface area (Å²) in [5.74, 6) is -0.227. The van der Waals surface area contributed by atoms with Crippen molar-refractivity contribution in [2.24, 2.45) is 0 Å². The van der Waals surface area contributed by atoms with E-state index in [0.29, 0.717) is 19.4 Å². The Morgan fingerprint density at radius 3 is 2.57 bits per heavy atom. The van der Waals surface area contributed by atoms with Crippen LogP contribution in [0.1, 0.15) is 38.3 Å². The van der Waals surface area contributed by atoms with Gasteiger partial charge in [0.25, 0.3) is 0 Å². The molecule has 1 N–H and O–H groups in total. The van der Waals surface area contributed by atoms with Gasteiger partial charge in [-0.2, -0.15) is 0 Å². The molecule has 0 saturated heterocycles. The molecular formula is C18H25NO4. The van der Waals surface area contributed by atoms with Crippen LogP contribution in [0.5, 0.6) is 0 Å². The molecule has 0 atom stereocenters. The summed E-state index contributed by atoms with van der Waals surface area (Å²) in [6, 6.07) is 7.81. The maximum absolute atomic E-state index is 11.5. The molecule has 0 aliphatic carbocycles. The molecule has 0 radical (unpaired) electrons. The number of rotatable bonds is 6. The van der Waals surface area contributed by atoms with Gasteiger partial charge in [-0.3, -0.25) is 4.79 Å². The summed E-state index contributed by atoms with van der Waals surface area (Å²) in [5, 5.41) is 2.67. The zero-order valence-corrected chi connectivity index (χ0v) is 14.2. The second-order valence-corrected chi connectivity index (χ2v) is 6.06. The van der Waals surface area contributed by atoms with Gasteiger partial charge in [0.1, 0.15) is 5.60 Å². The van der Waals surface area contributed by atoms with E-state index >= 15 is 0 Å². The highest BCUT2D eigenvalue weighted by atomic mass is 16.6. The van der Waals surface area contributed by atoms with Gasteiger partial charge in [-0.15, -0.1) is 0 Å². The number of methoxy groups -OCH3 is 1. The molecule has 0 saturated carbocycles. The van der Waals surface area contributed by atoms with Crippen molar-refractivity contribution in [1.82, 2.24) is 5.32 Å². The fourth-order valence-electron chi connectivity index (χ4n) is 1.91. The van der Waals surface area contributed by atoms with E-state index in [2.05, 4.69) is 10.1 Å². The summed E-state index contributed by atoms with van der Waals surface area (Å²) in [6.07, 6.45) is 4.29. The van der Waals surface area contributed by atoms with Gasteiger partial charge in [-0.25, -0.2) is 4.79 Å². The van der Waals surface area contributed by atoms with E-state index in [1.807, 2.05) is 57.2 Å². The van der Waals surface area contributed by atoms with Gasteiger partial charge in [0.05, 0.1) is 7.11 Å².